The highest BCUT2D eigenvalue weighted by molar-refractivity contribution is 9.13. The van der Waals surface area contributed by atoms with Gasteiger partial charge in [0.1, 0.15) is 5.75 Å². The molecule has 0 amide bonds. The molecule has 0 saturated carbocycles. The number of Topliss-reactive ketones (excluding diaryl/α,β-unsaturated/α-hetero) is 1. The number of halogens is 2. The highest BCUT2D eigenvalue weighted by Gasteiger charge is 2.35. The predicted octanol–water partition coefficient (Wildman–Crippen LogP) is 4.68. The lowest BCUT2D eigenvalue weighted by atomic mass is 9.95. The Balaban J connectivity index is 1.88. The third-order valence-electron chi connectivity index (χ3n) is 4.09. The first kappa shape index (κ1) is 18.1. The van der Waals surface area contributed by atoms with Crippen LogP contribution in [0, 0.1) is 0 Å². The zero-order valence-corrected chi connectivity index (χ0v) is 16.7. The predicted molar refractivity (Wildman–Crippen MR) is 101 cm³/mol. The van der Waals surface area contributed by atoms with Gasteiger partial charge in [0.15, 0.2) is 12.4 Å². The maximum absolute atomic E-state index is 12.9. The molecule has 130 valence electrons. The fourth-order valence-electron chi connectivity index (χ4n) is 2.97. The minimum atomic E-state index is -0.427. The average Bonchev–Trinajstić information content (AvgIpc) is 2.94. The zero-order valence-electron chi connectivity index (χ0n) is 13.6. The van der Waals surface area contributed by atoms with Crippen molar-refractivity contribution in [2.75, 3.05) is 13.2 Å². The molecule has 6 heteroatoms. The van der Waals surface area contributed by atoms with Gasteiger partial charge in [0.25, 0.3) is 0 Å². The fraction of sp³-hybridized carbons (Fsp3) is 0.263. The van der Waals surface area contributed by atoms with Crippen LogP contribution in [0.15, 0.2) is 45.3 Å². The first-order valence-corrected chi connectivity index (χ1v) is 9.50. The van der Waals surface area contributed by atoms with Crippen molar-refractivity contribution in [1.29, 1.82) is 0 Å². The molecule has 1 aliphatic rings. The van der Waals surface area contributed by atoms with Crippen LogP contribution in [-0.4, -0.2) is 25.0 Å². The third-order valence-corrected chi connectivity index (χ3v) is 6.21. The van der Waals surface area contributed by atoms with Gasteiger partial charge in [-0.2, -0.15) is 0 Å². The van der Waals surface area contributed by atoms with Crippen LogP contribution in [0.2, 0.25) is 0 Å². The van der Waals surface area contributed by atoms with Crippen molar-refractivity contribution in [3.8, 4) is 5.75 Å². The average molecular weight is 468 g/mol. The molecule has 0 spiro atoms. The van der Waals surface area contributed by atoms with Crippen molar-refractivity contribution >= 4 is 43.6 Å². The minimum absolute atomic E-state index is 0.0886. The molecular formula is C19H16Br2O4. The van der Waals surface area contributed by atoms with Crippen molar-refractivity contribution in [2.24, 2.45) is 0 Å². The maximum atomic E-state index is 12.9. The van der Waals surface area contributed by atoms with Gasteiger partial charge >= 0.3 is 5.97 Å². The third kappa shape index (κ3) is 3.65. The van der Waals surface area contributed by atoms with Gasteiger partial charge in [0.05, 0.1) is 17.0 Å². The lowest BCUT2D eigenvalue weighted by Gasteiger charge is -2.12. The number of rotatable bonds is 5. The van der Waals surface area contributed by atoms with Gasteiger partial charge in [-0.15, -0.1) is 0 Å². The summed E-state index contributed by atoms with van der Waals surface area (Å²) < 4.78 is 11.7. The summed E-state index contributed by atoms with van der Waals surface area (Å²) in [5.74, 6) is -0.0186. The van der Waals surface area contributed by atoms with Crippen LogP contribution in [-0.2, 0) is 16.0 Å². The molecule has 4 nitrogen and oxygen atoms in total. The molecule has 3 rings (SSSR count). The quantitative estimate of drug-likeness (QED) is 0.599. The second-order valence-electron chi connectivity index (χ2n) is 5.66. The van der Waals surface area contributed by atoms with Crippen molar-refractivity contribution in [1.82, 2.24) is 0 Å². The van der Waals surface area contributed by atoms with E-state index < -0.39 is 5.97 Å². The Morgan fingerprint density at radius 2 is 1.92 bits per heavy atom. The molecule has 0 heterocycles. The Labute approximate surface area is 162 Å². The van der Waals surface area contributed by atoms with Gasteiger partial charge in [-0.1, -0.05) is 30.3 Å². The lowest BCUT2D eigenvalue weighted by molar-refractivity contribution is -0.145. The standard InChI is InChI=1S/C19H16Br2O4/c1-2-24-15(22)10-25-14-9-12-8-13(11-6-4-3-5-7-11)19(23)16(12)18(21)17(14)20/h3-7,9,13H,2,8,10H2,1H3. The van der Waals surface area contributed by atoms with Gasteiger partial charge in [-0.25, -0.2) is 4.79 Å². The van der Waals surface area contributed by atoms with Crippen LogP contribution < -0.4 is 4.74 Å². The van der Waals surface area contributed by atoms with E-state index in [1.54, 1.807) is 6.92 Å². The van der Waals surface area contributed by atoms with Crippen molar-refractivity contribution in [3.05, 3.63) is 62.0 Å². The van der Waals surface area contributed by atoms with E-state index in [4.69, 9.17) is 9.47 Å². The number of carbonyl (C=O) groups excluding carboxylic acids is 2. The van der Waals surface area contributed by atoms with Crippen molar-refractivity contribution in [3.63, 3.8) is 0 Å². The number of carbonyl (C=O) groups is 2. The monoisotopic (exact) mass is 466 g/mol. The Hall–Kier alpha value is -1.66. The van der Waals surface area contributed by atoms with Crippen LogP contribution in [0.1, 0.15) is 34.3 Å². The van der Waals surface area contributed by atoms with E-state index in [-0.39, 0.29) is 18.3 Å². The van der Waals surface area contributed by atoms with E-state index in [9.17, 15) is 9.59 Å². The molecule has 0 aromatic heterocycles. The smallest absolute Gasteiger partial charge is 0.344 e. The Kier molecular flexibility index (Phi) is 5.59. The van der Waals surface area contributed by atoms with Gasteiger partial charge in [-0.3, -0.25) is 4.79 Å². The fourth-order valence-corrected chi connectivity index (χ4v) is 4.04. The molecule has 0 bridgehead atoms. The first-order valence-electron chi connectivity index (χ1n) is 7.91. The summed E-state index contributed by atoms with van der Waals surface area (Å²) in [6.07, 6.45) is 0.611. The van der Waals surface area contributed by atoms with E-state index in [0.29, 0.717) is 33.3 Å². The Morgan fingerprint density at radius 1 is 1.20 bits per heavy atom. The Bertz CT molecular complexity index is 818. The molecule has 25 heavy (non-hydrogen) atoms. The van der Waals surface area contributed by atoms with E-state index in [2.05, 4.69) is 31.9 Å². The van der Waals surface area contributed by atoms with Gasteiger partial charge < -0.3 is 9.47 Å². The highest BCUT2D eigenvalue weighted by atomic mass is 79.9. The molecule has 1 aliphatic carbocycles. The molecule has 2 aromatic carbocycles. The summed E-state index contributed by atoms with van der Waals surface area (Å²) in [6, 6.07) is 11.6. The van der Waals surface area contributed by atoms with Gasteiger partial charge in [-0.05, 0) is 62.4 Å². The summed E-state index contributed by atoms with van der Waals surface area (Å²) in [7, 11) is 0. The lowest BCUT2D eigenvalue weighted by Crippen LogP contribution is -2.15. The number of ketones is 1. The molecule has 1 atom stereocenters. The summed E-state index contributed by atoms with van der Waals surface area (Å²) >= 11 is 6.95. The van der Waals surface area contributed by atoms with E-state index in [0.717, 1.165) is 11.1 Å². The number of ether oxygens (including phenoxy) is 2. The molecule has 0 N–H and O–H groups in total. The molecule has 1 unspecified atom stereocenters. The summed E-state index contributed by atoms with van der Waals surface area (Å²) in [4.78, 5) is 24.4. The van der Waals surface area contributed by atoms with Crippen LogP contribution >= 0.6 is 31.9 Å². The van der Waals surface area contributed by atoms with Gasteiger partial charge in [0, 0.05) is 10.0 Å². The SMILES string of the molecule is CCOC(=O)COc1cc2c(c(Br)c1Br)C(=O)C(c1ccccc1)C2. The van der Waals surface area contributed by atoms with Crippen LogP contribution in [0.25, 0.3) is 0 Å². The van der Waals surface area contributed by atoms with E-state index >= 15 is 0 Å². The van der Waals surface area contributed by atoms with Crippen LogP contribution in [0.5, 0.6) is 5.75 Å². The number of hydrogen-bond acceptors (Lipinski definition) is 4. The van der Waals surface area contributed by atoms with Gasteiger partial charge in [0.2, 0.25) is 0 Å². The number of hydrogen-bond donors (Lipinski definition) is 0. The maximum Gasteiger partial charge on any atom is 0.344 e. The molecule has 0 aliphatic heterocycles. The van der Waals surface area contributed by atoms with E-state index in [1.807, 2.05) is 36.4 Å². The second-order valence-corrected chi connectivity index (χ2v) is 7.25. The summed E-state index contributed by atoms with van der Waals surface area (Å²) in [5, 5.41) is 0. The highest BCUT2D eigenvalue weighted by Crippen LogP contribution is 2.44. The largest absolute Gasteiger partial charge is 0.481 e. The van der Waals surface area contributed by atoms with E-state index in [1.165, 1.54) is 0 Å². The van der Waals surface area contributed by atoms with Crippen molar-refractivity contribution < 1.29 is 19.1 Å². The normalized spacial score (nSPS) is 15.8. The molecule has 0 fully saturated rings. The summed E-state index contributed by atoms with van der Waals surface area (Å²) in [5.41, 5.74) is 2.58. The van der Waals surface area contributed by atoms with Crippen LogP contribution in [0.3, 0.4) is 0 Å². The molecular weight excluding hydrogens is 452 g/mol. The molecule has 0 saturated heterocycles. The Morgan fingerprint density at radius 3 is 2.60 bits per heavy atom. The molecule has 2 aromatic rings. The number of esters is 1. The second kappa shape index (κ2) is 7.70. The minimum Gasteiger partial charge on any atom is -0.481 e. The molecule has 0 radical (unpaired) electrons. The topological polar surface area (TPSA) is 52.6 Å². The number of benzene rings is 2. The number of fused-ring (bicyclic) bond motifs is 1. The van der Waals surface area contributed by atoms with Crippen molar-refractivity contribution in [2.45, 2.75) is 19.3 Å². The zero-order chi connectivity index (χ0) is 18.0. The van der Waals surface area contributed by atoms with Crippen LogP contribution in [0.4, 0.5) is 0 Å². The summed E-state index contributed by atoms with van der Waals surface area (Å²) in [6.45, 7) is 1.88. The first-order chi connectivity index (χ1) is 12.0.